The molecule has 0 unspecified atom stereocenters. The molecule has 0 amide bonds. The molecule has 20 heavy (non-hydrogen) atoms. The van der Waals surface area contributed by atoms with E-state index in [1.807, 2.05) is 12.1 Å². The molecule has 3 aromatic rings. The number of benzene rings is 2. The Morgan fingerprint density at radius 1 is 1.25 bits per heavy atom. The molecule has 0 spiro atoms. The van der Waals surface area contributed by atoms with Gasteiger partial charge in [0.1, 0.15) is 0 Å². The highest BCUT2D eigenvalue weighted by atomic mass is 79.9. The maximum Gasteiger partial charge on any atom is 0.420 e. The van der Waals surface area contributed by atoms with E-state index in [9.17, 15) is 4.79 Å². The van der Waals surface area contributed by atoms with Crippen molar-refractivity contribution in [2.24, 2.45) is 0 Å². The van der Waals surface area contributed by atoms with Gasteiger partial charge in [-0.05, 0) is 35.9 Å². The van der Waals surface area contributed by atoms with E-state index < -0.39 is 5.76 Å². The van der Waals surface area contributed by atoms with Gasteiger partial charge in [0.05, 0.1) is 12.1 Å². The Morgan fingerprint density at radius 2 is 2.05 bits per heavy atom. The van der Waals surface area contributed by atoms with Crippen LogP contribution in [0.4, 0.5) is 5.69 Å². The summed E-state index contributed by atoms with van der Waals surface area (Å²) in [5.74, 6) is -0.426. The zero-order valence-electron chi connectivity index (χ0n) is 10.3. The monoisotopic (exact) mass is 352 g/mol. The van der Waals surface area contributed by atoms with E-state index >= 15 is 0 Å². The van der Waals surface area contributed by atoms with Gasteiger partial charge in [0.2, 0.25) is 0 Å². The normalized spacial score (nSPS) is 11.1. The summed E-state index contributed by atoms with van der Waals surface area (Å²) in [6.45, 7) is 0.335. The molecule has 0 aliphatic rings. The minimum atomic E-state index is -0.426. The number of nitrogens with zero attached hydrogens (tertiary/aromatic N) is 1. The lowest BCUT2D eigenvalue weighted by atomic mass is 10.2. The van der Waals surface area contributed by atoms with E-state index in [1.54, 1.807) is 24.3 Å². The lowest BCUT2D eigenvalue weighted by Crippen LogP contribution is -2.15. The lowest BCUT2D eigenvalue weighted by Gasteiger charge is -2.06. The molecule has 0 aliphatic heterocycles. The van der Waals surface area contributed by atoms with Crippen LogP contribution in [0.2, 0.25) is 5.02 Å². The Hall–Kier alpha value is -1.72. The SMILES string of the molecule is Nc1ccc2oc(=O)n(Cc3ccc(Br)cc3Cl)c2c1. The van der Waals surface area contributed by atoms with Crippen LogP contribution >= 0.6 is 27.5 Å². The highest BCUT2D eigenvalue weighted by Gasteiger charge is 2.11. The summed E-state index contributed by atoms with van der Waals surface area (Å²) in [7, 11) is 0. The zero-order valence-corrected chi connectivity index (χ0v) is 12.6. The van der Waals surface area contributed by atoms with Crippen LogP contribution in [-0.4, -0.2) is 4.57 Å². The van der Waals surface area contributed by atoms with Crippen molar-refractivity contribution < 1.29 is 4.42 Å². The topological polar surface area (TPSA) is 61.2 Å². The second-order valence-corrected chi connectivity index (χ2v) is 5.74. The summed E-state index contributed by atoms with van der Waals surface area (Å²) in [5, 5.41) is 0.588. The number of halogens is 2. The largest absolute Gasteiger partial charge is 0.420 e. The number of nitrogens with two attached hydrogens (primary N) is 1. The van der Waals surface area contributed by atoms with Crippen LogP contribution < -0.4 is 11.5 Å². The van der Waals surface area contributed by atoms with Gasteiger partial charge in [0, 0.05) is 15.2 Å². The molecule has 0 atom stereocenters. The summed E-state index contributed by atoms with van der Waals surface area (Å²) in [6.07, 6.45) is 0. The molecule has 0 bridgehead atoms. The van der Waals surface area contributed by atoms with Gasteiger partial charge in [0.25, 0.3) is 0 Å². The Bertz CT molecular complexity index is 854. The summed E-state index contributed by atoms with van der Waals surface area (Å²) < 4.78 is 7.59. The van der Waals surface area contributed by atoms with Gasteiger partial charge in [-0.1, -0.05) is 33.6 Å². The summed E-state index contributed by atoms with van der Waals surface area (Å²) >= 11 is 9.53. The van der Waals surface area contributed by atoms with E-state index in [4.69, 9.17) is 21.8 Å². The molecule has 0 saturated carbocycles. The van der Waals surface area contributed by atoms with Crippen molar-refractivity contribution in [3.63, 3.8) is 0 Å². The van der Waals surface area contributed by atoms with Crippen molar-refractivity contribution in [3.8, 4) is 0 Å². The van der Waals surface area contributed by atoms with E-state index in [2.05, 4.69) is 15.9 Å². The highest BCUT2D eigenvalue weighted by molar-refractivity contribution is 9.10. The van der Waals surface area contributed by atoms with Crippen LogP contribution in [0, 0.1) is 0 Å². The Kier molecular flexibility index (Phi) is 3.31. The summed E-state index contributed by atoms with van der Waals surface area (Å²) in [5.41, 5.74) is 8.34. The first-order valence-corrected chi connectivity index (χ1v) is 7.04. The van der Waals surface area contributed by atoms with Crippen LogP contribution in [0.3, 0.4) is 0 Å². The summed E-state index contributed by atoms with van der Waals surface area (Å²) in [6, 6.07) is 10.6. The molecule has 3 rings (SSSR count). The first kappa shape index (κ1) is 13.3. The number of anilines is 1. The summed E-state index contributed by atoms with van der Waals surface area (Å²) in [4.78, 5) is 11.9. The number of rotatable bonds is 2. The molecule has 6 heteroatoms. The fraction of sp³-hybridized carbons (Fsp3) is 0.0714. The smallest absolute Gasteiger partial charge is 0.408 e. The predicted octanol–water partition coefficient (Wildman–Crippen LogP) is 3.64. The van der Waals surface area contributed by atoms with Crippen LogP contribution in [0.5, 0.6) is 0 Å². The molecule has 2 aromatic carbocycles. The number of oxazole rings is 1. The highest BCUT2D eigenvalue weighted by Crippen LogP contribution is 2.23. The number of hydrogen-bond donors (Lipinski definition) is 1. The number of nitrogen functional groups attached to an aromatic ring is 1. The van der Waals surface area contributed by atoms with Crippen molar-refractivity contribution >= 4 is 44.3 Å². The van der Waals surface area contributed by atoms with Gasteiger partial charge in [0.15, 0.2) is 5.58 Å². The Morgan fingerprint density at radius 3 is 2.80 bits per heavy atom. The standard InChI is InChI=1S/C14H10BrClN2O2/c15-9-2-1-8(11(16)5-9)7-18-12-6-10(17)3-4-13(12)20-14(18)19/h1-6H,7,17H2. The van der Waals surface area contributed by atoms with E-state index in [0.29, 0.717) is 28.4 Å². The maximum atomic E-state index is 11.9. The molecule has 0 fully saturated rings. The Labute approximate surface area is 127 Å². The molecule has 1 aromatic heterocycles. The van der Waals surface area contributed by atoms with Gasteiger partial charge in [-0.15, -0.1) is 0 Å². The second kappa shape index (κ2) is 5.00. The average Bonchev–Trinajstić information content (AvgIpc) is 2.69. The molecule has 0 aliphatic carbocycles. The quantitative estimate of drug-likeness (QED) is 0.716. The van der Waals surface area contributed by atoms with Crippen LogP contribution in [0.15, 0.2) is 50.1 Å². The zero-order chi connectivity index (χ0) is 14.3. The predicted molar refractivity (Wildman–Crippen MR) is 83.1 cm³/mol. The van der Waals surface area contributed by atoms with Gasteiger partial charge >= 0.3 is 5.76 Å². The molecule has 102 valence electrons. The van der Waals surface area contributed by atoms with E-state index in [-0.39, 0.29) is 0 Å². The van der Waals surface area contributed by atoms with Gasteiger partial charge in [-0.3, -0.25) is 4.57 Å². The Balaban J connectivity index is 2.12. The minimum Gasteiger partial charge on any atom is -0.408 e. The molecular weight excluding hydrogens is 344 g/mol. The minimum absolute atomic E-state index is 0.335. The third kappa shape index (κ3) is 2.34. The van der Waals surface area contributed by atoms with Crippen molar-refractivity contribution in [2.45, 2.75) is 6.54 Å². The van der Waals surface area contributed by atoms with E-state index in [1.165, 1.54) is 4.57 Å². The third-order valence-corrected chi connectivity index (χ3v) is 3.88. The number of aromatic nitrogens is 1. The first-order valence-electron chi connectivity index (χ1n) is 5.87. The fourth-order valence-electron chi connectivity index (χ4n) is 2.05. The van der Waals surface area contributed by atoms with Gasteiger partial charge in [-0.2, -0.15) is 0 Å². The maximum absolute atomic E-state index is 11.9. The van der Waals surface area contributed by atoms with Crippen LogP contribution in [0.25, 0.3) is 11.1 Å². The first-order chi connectivity index (χ1) is 9.54. The van der Waals surface area contributed by atoms with Gasteiger partial charge in [-0.25, -0.2) is 4.79 Å². The molecule has 4 nitrogen and oxygen atoms in total. The molecule has 2 N–H and O–H groups in total. The van der Waals surface area contributed by atoms with Crippen LogP contribution in [-0.2, 0) is 6.54 Å². The molecule has 1 heterocycles. The van der Waals surface area contributed by atoms with Crippen LogP contribution in [0.1, 0.15) is 5.56 Å². The van der Waals surface area contributed by atoms with Crippen molar-refractivity contribution in [3.05, 3.63) is 62.0 Å². The lowest BCUT2D eigenvalue weighted by molar-refractivity contribution is 0.518. The second-order valence-electron chi connectivity index (χ2n) is 4.42. The molecule has 0 saturated heterocycles. The van der Waals surface area contributed by atoms with Gasteiger partial charge < -0.3 is 10.2 Å². The van der Waals surface area contributed by atoms with Crippen molar-refractivity contribution in [2.75, 3.05) is 5.73 Å². The molecular formula is C14H10BrClN2O2. The number of hydrogen-bond acceptors (Lipinski definition) is 3. The van der Waals surface area contributed by atoms with Crippen molar-refractivity contribution in [1.29, 1.82) is 0 Å². The third-order valence-electron chi connectivity index (χ3n) is 3.04. The van der Waals surface area contributed by atoms with E-state index in [0.717, 1.165) is 10.0 Å². The average molecular weight is 354 g/mol. The molecule has 0 radical (unpaired) electrons. The van der Waals surface area contributed by atoms with Crippen molar-refractivity contribution in [1.82, 2.24) is 4.57 Å². The number of fused-ring (bicyclic) bond motifs is 1. The fourth-order valence-corrected chi connectivity index (χ4v) is 2.78.